The van der Waals surface area contributed by atoms with Crippen LogP contribution in [-0.4, -0.2) is 42.4 Å². The van der Waals surface area contributed by atoms with Crippen LogP contribution in [0.5, 0.6) is 5.75 Å². The lowest BCUT2D eigenvalue weighted by Gasteiger charge is -2.33. The van der Waals surface area contributed by atoms with Gasteiger partial charge in [-0.1, -0.05) is 12.1 Å². The molecule has 1 amide bonds. The van der Waals surface area contributed by atoms with E-state index in [4.69, 9.17) is 4.74 Å². The number of hydrogen-bond donors (Lipinski definition) is 3. The third kappa shape index (κ3) is 6.01. The Bertz CT molecular complexity index is 504. The van der Waals surface area contributed by atoms with Gasteiger partial charge in [0.05, 0.1) is 5.54 Å². The minimum atomic E-state index is -0.725. The van der Waals surface area contributed by atoms with Gasteiger partial charge in [0.1, 0.15) is 18.5 Å². The van der Waals surface area contributed by atoms with Crippen molar-refractivity contribution in [2.75, 3.05) is 19.7 Å². The maximum atomic E-state index is 12.2. The van der Waals surface area contributed by atoms with Gasteiger partial charge < -0.3 is 20.5 Å². The van der Waals surface area contributed by atoms with E-state index in [1.54, 1.807) is 0 Å². The average Bonchev–Trinajstić information content (AvgIpc) is 2.51. The summed E-state index contributed by atoms with van der Waals surface area (Å²) >= 11 is 0. The van der Waals surface area contributed by atoms with Gasteiger partial charge in [0.15, 0.2) is 0 Å². The normalized spacial score (nSPS) is 21.9. The lowest BCUT2D eigenvalue weighted by molar-refractivity contribution is -0.128. The van der Waals surface area contributed by atoms with Crippen molar-refractivity contribution in [2.24, 2.45) is 0 Å². The minimum absolute atomic E-state index is 0. The zero-order chi connectivity index (χ0) is 16.0. The molecule has 2 unspecified atom stereocenters. The number of ether oxygens (including phenoxy) is 1. The molecule has 0 aliphatic carbocycles. The van der Waals surface area contributed by atoms with Crippen molar-refractivity contribution in [2.45, 2.75) is 44.8 Å². The van der Waals surface area contributed by atoms with E-state index in [2.05, 4.69) is 10.6 Å². The van der Waals surface area contributed by atoms with Crippen LogP contribution in [0.15, 0.2) is 24.3 Å². The Morgan fingerprint density at radius 3 is 2.91 bits per heavy atom. The summed E-state index contributed by atoms with van der Waals surface area (Å²) in [4.78, 5) is 12.2. The van der Waals surface area contributed by atoms with Crippen molar-refractivity contribution < 1.29 is 14.6 Å². The Labute approximate surface area is 144 Å². The van der Waals surface area contributed by atoms with Gasteiger partial charge in [0, 0.05) is 6.54 Å². The highest BCUT2D eigenvalue weighted by molar-refractivity contribution is 5.86. The van der Waals surface area contributed by atoms with Crippen LogP contribution in [-0.2, 0) is 4.79 Å². The first-order valence-electron chi connectivity index (χ1n) is 7.90. The third-order valence-corrected chi connectivity index (χ3v) is 4.05. The number of rotatable bonds is 6. The summed E-state index contributed by atoms with van der Waals surface area (Å²) < 4.78 is 5.53. The molecule has 2 rings (SSSR count). The largest absolute Gasteiger partial charge is 0.491 e. The number of amides is 1. The molecule has 5 nitrogen and oxygen atoms in total. The SMILES string of the molecule is Cc1cccc(OCC(O)CNC(=O)C2(C)CCCCN2)c1.Cl. The molecule has 1 aliphatic heterocycles. The topological polar surface area (TPSA) is 70.6 Å². The quantitative estimate of drug-likeness (QED) is 0.737. The molecule has 0 aromatic heterocycles. The van der Waals surface area contributed by atoms with Crippen molar-refractivity contribution in [3.8, 4) is 5.75 Å². The molecule has 0 saturated carbocycles. The fourth-order valence-corrected chi connectivity index (χ4v) is 2.61. The molecule has 23 heavy (non-hydrogen) atoms. The smallest absolute Gasteiger partial charge is 0.240 e. The predicted molar refractivity (Wildman–Crippen MR) is 93.2 cm³/mol. The first-order chi connectivity index (χ1) is 10.5. The highest BCUT2D eigenvalue weighted by Gasteiger charge is 2.34. The molecule has 6 heteroatoms. The maximum absolute atomic E-state index is 12.2. The lowest BCUT2D eigenvalue weighted by atomic mass is 9.90. The van der Waals surface area contributed by atoms with Gasteiger partial charge in [0.25, 0.3) is 0 Å². The molecule has 1 aliphatic rings. The molecule has 1 saturated heterocycles. The summed E-state index contributed by atoms with van der Waals surface area (Å²) in [7, 11) is 0. The summed E-state index contributed by atoms with van der Waals surface area (Å²) in [6, 6.07) is 7.67. The number of carbonyl (C=O) groups is 1. The van der Waals surface area contributed by atoms with E-state index in [1.807, 2.05) is 38.1 Å². The Balaban J connectivity index is 0.00000264. The highest BCUT2D eigenvalue weighted by atomic mass is 35.5. The van der Waals surface area contributed by atoms with Gasteiger partial charge in [0.2, 0.25) is 5.91 Å². The third-order valence-electron chi connectivity index (χ3n) is 4.05. The van der Waals surface area contributed by atoms with Crippen LogP contribution in [0.3, 0.4) is 0 Å². The number of aliphatic hydroxyl groups excluding tert-OH is 1. The Hall–Kier alpha value is -1.30. The molecule has 0 spiro atoms. The molecule has 1 heterocycles. The fourth-order valence-electron chi connectivity index (χ4n) is 2.61. The number of piperidine rings is 1. The predicted octanol–water partition coefficient (Wildman–Crippen LogP) is 1.80. The minimum Gasteiger partial charge on any atom is -0.491 e. The molecule has 3 N–H and O–H groups in total. The average molecular weight is 343 g/mol. The van der Waals surface area contributed by atoms with Gasteiger partial charge in [-0.15, -0.1) is 12.4 Å². The highest BCUT2D eigenvalue weighted by Crippen LogP contribution is 2.18. The Morgan fingerprint density at radius 1 is 1.48 bits per heavy atom. The molecule has 0 bridgehead atoms. The van der Waals surface area contributed by atoms with Crippen LogP contribution in [0.2, 0.25) is 0 Å². The maximum Gasteiger partial charge on any atom is 0.240 e. The molecule has 0 radical (unpaired) electrons. The number of nitrogens with one attached hydrogen (secondary N) is 2. The Morgan fingerprint density at radius 2 is 2.26 bits per heavy atom. The van der Waals surface area contributed by atoms with Crippen molar-refractivity contribution in [3.05, 3.63) is 29.8 Å². The summed E-state index contributed by atoms with van der Waals surface area (Å²) in [6.45, 7) is 5.12. The van der Waals surface area contributed by atoms with Gasteiger partial charge in [-0.05, 0) is 57.4 Å². The molecule has 1 fully saturated rings. The number of halogens is 1. The van der Waals surface area contributed by atoms with Gasteiger partial charge in [-0.2, -0.15) is 0 Å². The number of aryl methyl sites for hydroxylation is 1. The molecule has 1 aromatic carbocycles. The van der Waals surface area contributed by atoms with E-state index in [0.29, 0.717) is 0 Å². The van der Waals surface area contributed by atoms with E-state index in [-0.39, 0.29) is 31.5 Å². The van der Waals surface area contributed by atoms with E-state index < -0.39 is 11.6 Å². The monoisotopic (exact) mass is 342 g/mol. The van der Waals surface area contributed by atoms with E-state index in [9.17, 15) is 9.90 Å². The molecule has 130 valence electrons. The van der Waals surface area contributed by atoms with Gasteiger partial charge >= 0.3 is 0 Å². The van der Waals surface area contributed by atoms with Crippen LogP contribution in [0.1, 0.15) is 31.7 Å². The van der Waals surface area contributed by atoms with Crippen LogP contribution in [0, 0.1) is 6.92 Å². The van der Waals surface area contributed by atoms with E-state index in [0.717, 1.165) is 37.1 Å². The van der Waals surface area contributed by atoms with Gasteiger partial charge in [-0.3, -0.25) is 4.79 Å². The van der Waals surface area contributed by atoms with Crippen molar-refractivity contribution in [1.29, 1.82) is 0 Å². The van der Waals surface area contributed by atoms with Crippen molar-refractivity contribution in [3.63, 3.8) is 0 Å². The van der Waals surface area contributed by atoms with Crippen LogP contribution in [0.4, 0.5) is 0 Å². The summed E-state index contributed by atoms with van der Waals surface area (Å²) in [5, 5.41) is 16.0. The van der Waals surface area contributed by atoms with Crippen molar-refractivity contribution >= 4 is 18.3 Å². The lowest BCUT2D eigenvalue weighted by Crippen LogP contribution is -2.57. The summed E-state index contributed by atoms with van der Waals surface area (Å²) in [6.07, 6.45) is 2.26. The second-order valence-electron chi connectivity index (χ2n) is 6.21. The first kappa shape index (κ1) is 19.7. The second kappa shape index (κ2) is 9.11. The molecule has 2 atom stereocenters. The second-order valence-corrected chi connectivity index (χ2v) is 6.21. The standard InChI is InChI=1S/C17H26N2O3.ClH/c1-13-6-5-7-15(10-13)22-12-14(20)11-18-16(21)17(2)8-3-4-9-19-17;/h5-7,10,14,19-20H,3-4,8-9,11-12H2,1-2H3,(H,18,21);1H. The van der Waals surface area contributed by atoms with Crippen LogP contribution < -0.4 is 15.4 Å². The summed E-state index contributed by atoms with van der Waals surface area (Å²) in [5.41, 5.74) is 0.589. The first-order valence-corrected chi connectivity index (χ1v) is 7.90. The van der Waals surface area contributed by atoms with Gasteiger partial charge in [-0.25, -0.2) is 0 Å². The van der Waals surface area contributed by atoms with E-state index >= 15 is 0 Å². The van der Waals surface area contributed by atoms with Crippen molar-refractivity contribution in [1.82, 2.24) is 10.6 Å². The van der Waals surface area contributed by atoms with Crippen LogP contribution in [0.25, 0.3) is 0 Å². The van der Waals surface area contributed by atoms with E-state index in [1.165, 1.54) is 0 Å². The zero-order valence-corrected chi connectivity index (χ0v) is 14.6. The molecule has 1 aromatic rings. The number of carbonyl (C=O) groups excluding carboxylic acids is 1. The number of benzene rings is 1. The number of hydrogen-bond acceptors (Lipinski definition) is 4. The number of aliphatic hydroxyl groups is 1. The molecular weight excluding hydrogens is 316 g/mol. The molecular formula is C17H27ClN2O3. The fraction of sp³-hybridized carbons (Fsp3) is 0.588. The summed E-state index contributed by atoms with van der Waals surface area (Å²) in [5.74, 6) is 0.674. The zero-order valence-electron chi connectivity index (χ0n) is 13.8. The van der Waals surface area contributed by atoms with Crippen LogP contribution >= 0.6 is 12.4 Å². The Kier molecular flexibility index (Phi) is 7.82.